The monoisotopic (exact) mass is 413 g/mol. The molecule has 0 saturated carbocycles. The molecule has 0 fully saturated rings. The van der Waals surface area contributed by atoms with Gasteiger partial charge in [-0.3, -0.25) is 9.59 Å². The second kappa shape index (κ2) is 9.52. The highest BCUT2D eigenvalue weighted by Gasteiger charge is 2.18. The van der Waals surface area contributed by atoms with Crippen LogP contribution in [0.3, 0.4) is 0 Å². The summed E-state index contributed by atoms with van der Waals surface area (Å²) < 4.78 is 17.7. The first-order valence-corrected chi connectivity index (χ1v) is 10.1. The number of carbonyl (C=O) groups is 2. The van der Waals surface area contributed by atoms with Gasteiger partial charge in [0.2, 0.25) is 5.78 Å². The number of Topliss-reactive ketones (excluding diaryl/α,β-unsaturated/α-hetero) is 1. The number of furan rings is 1. The molecule has 0 aliphatic carbocycles. The molecule has 6 nitrogen and oxygen atoms in total. The first-order chi connectivity index (χ1) is 14.0. The molecule has 0 N–H and O–H groups in total. The number of methoxy groups -OCH3 is 1. The Kier molecular flexibility index (Phi) is 6.82. The topological polar surface area (TPSA) is 70.7 Å². The zero-order chi connectivity index (χ0) is 20.8. The molecule has 0 unspecified atom stereocenters. The molecule has 0 aliphatic heterocycles. The summed E-state index contributed by atoms with van der Waals surface area (Å²) in [7, 11) is 1.60. The summed E-state index contributed by atoms with van der Waals surface area (Å²) in [6.45, 7) is 4.10. The molecule has 0 amide bonds. The summed E-state index contributed by atoms with van der Waals surface area (Å²) in [5.74, 6) is 1.06. The third kappa shape index (κ3) is 5.32. The lowest BCUT2D eigenvalue weighted by atomic mass is 10.1. The van der Waals surface area contributed by atoms with Crippen LogP contribution in [0.25, 0.3) is 0 Å². The zero-order valence-corrected chi connectivity index (χ0v) is 17.5. The van der Waals surface area contributed by atoms with E-state index in [0.29, 0.717) is 12.1 Å². The van der Waals surface area contributed by atoms with E-state index in [9.17, 15) is 9.59 Å². The second-order valence-corrected chi connectivity index (χ2v) is 7.55. The zero-order valence-electron chi connectivity index (χ0n) is 16.6. The van der Waals surface area contributed by atoms with E-state index in [0.717, 1.165) is 27.8 Å². The molecule has 1 aromatic carbocycles. The van der Waals surface area contributed by atoms with Crippen molar-refractivity contribution in [2.45, 2.75) is 25.3 Å². The smallest absolute Gasteiger partial charge is 0.316 e. The summed E-state index contributed by atoms with van der Waals surface area (Å²) in [6.07, 6.45) is 1.62. The molecule has 0 spiro atoms. The van der Waals surface area contributed by atoms with Gasteiger partial charge in [0.25, 0.3) is 0 Å². The molecule has 2 heterocycles. The predicted octanol–water partition coefficient (Wildman–Crippen LogP) is 4.27. The van der Waals surface area contributed by atoms with Crippen molar-refractivity contribution in [2.75, 3.05) is 19.5 Å². The lowest BCUT2D eigenvalue weighted by molar-refractivity contribution is -0.139. The number of nitrogens with zero attached hydrogens (tertiary/aromatic N) is 1. The normalized spacial score (nSPS) is 10.7. The highest BCUT2D eigenvalue weighted by molar-refractivity contribution is 8.00. The van der Waals surface area contributed by atoms with E-state index in [4.69, 9.17) is 13.9 Å². The first kappa shape index (κ1) is 20.8. The number of hydrogen-bond donors (Lipinski definition) is 0. The average Bonchev–Trinajstić information content (AvgIpc) is 3.34. The van der Waals surface area contributed by atoms with E-state index in [1.54, 1.807) is 13.4 Å². The Morgan fingerprint density at radius 2 is 1.90 bits per heavy atom. The Bertz CT molecular complexity index is 974. The third-order valence-corrected chi connectivity index (χ3v) is 5.53. The van der Waals surface area contributed by atoms with E-state index in [1.165, 1.54) is 11.8 Å². The fourth-order valence-electron chi connectivity index (χ4n) is 2.96. The van der Waals surface area contributed by atoms with Crippen LogP contribution in [0.15, 0.2) is 58.0 Å². The summed E-state index contributed by atoms with van der Waals surface area (Å²) >= 11 is 1.35. The maximum atomic E-state index is 12.5. The number of ketones is 1. The number of aromatic nitrogens is 1. The summed E-state index contributed by atoms with van der Waals surface area (Å²) in [4.78, 5) is 25.5. The van der Waals surface area contributed by atoms with Crippen LogP contribution in [-0.2, 0) is 16.1 Å². The van der Waals surface area contributed by atoms with Crippen molar-refractivity contribution in [2.24, 2.45) is 0 Å². The van der Waals surface area contributed by atoms with Gasteiger partial charge in [0.05, 0.1) is 25.7 Å². The Morgan fingerprint density at radius 1 is 1.14 bits per heavy atom. The van der Waals surface area contributed by atoms with Crippen molar-refractivity contribution >= 4 is 23.5 Å². The molecule has 3 rings (SSSR count). The second-order valence-electron chi connectivity index (χ2n) is 6.50. The molecular formula is C22H23NO5S. The number of thioether (sulfide) groups is 1. The Hall–Kier alpha value is -2.93. The minimum Gasteiger partial charge on any atom is -0.497 e. The van der Waals surface area contributed by atoms with E-state index < -0.39 is 5.97 Å². The SMILES string of the molecule is COc1ccc(SCC(=O)OCC(=O)c2cc(C)n(Cc3ccco3)c2C)cc1. The standard InChI is InChI=1S/C22H23NO5S/c1-15-11-20(16(2)23(15)12-18-5-4-10-27-18)21(24)13-28-22(25)14-29-19-8-6-17(26-3)7-9-19/h4-11H,12-14H2,1-3H3. The first-order valence-electron chi connectivity index (χ1n) is 9.12. The molecule has 29 heavy (non-hydrogen) atoms. The van der Waals surface area contributed by atoms with Gasteiger partial charge in [0.1, 0.15) is 11.5 Å². The lowest BCUT2D eigenvalue weighted by Gasteiger charge is -2.08. The molecule has 2 aromatic heterocycles. The molecule has 3 aromatic rings. The van der Waals surface area contributed by atoms with Gasteiger partial charge in [-0.05, 0) is 56.3 Å². The van der Waals surface area contributed by atoms with Gasteiger partial charge >= 0.3 is 5.97 Å². The van der Waals surface area contributed by atoms with Crippen molar-refractivity contribution in [3.05, 3.63) is 71.4 Å². The minimum absolute atomic E-state index is 0.136. The molecule has 0 radical (unpaired) electrons. The van der Waals surface area contributed by atoms with Gasteiger partial charge in [-0.15, -0.1) is 11.8 Å². The number of hydrogen-bond acceptors (Lipinski definition) is 6. The summed E-state index contributed by atoms with van der Waals surface area (Å²) in [5, 5.41) is 0. The van der Waals surface area contributed by atoms with E-state index in [-0.39, 0.29) is 18.1 Å². The van der Waals surface area contributed by atoms with Crippen LogP contribution < -0.4 is 4.74 Å². The Balaban J connectivity index is 1.52. The van der Waals surface area contributed by atoms with E-state index in [2.05, 4.69) is 0 Å². The minimum atomic E-state index is -0.427. The average molecular weight is 413 g/mol. The van der Waals surface area contributed by atoms with Crippen LogP contribution in [0.1, 0.15) is 27.5 Å². The van der Waals surface area contributed by atoms with Crippen molar-refractivity contribution < 1.29 is 23.5 Å². The van der Waals surface area contributed by atoms with Crippen molar-refractivity contribution in [1.29, 1.82) is 0 Å². The van der Waals surface area contributed by atoms with Gasteiger partial charge < -0.3 is 18.5 Å². The van der Waals surface area contributed by atoms with Gasteiger partial charge in [-0.2, -0.15) is 0 Å². The number of benzene rings is 1. The van der Waals surface area contributed by atoms with Crippen LogP contribution in [0.5, 0.6) is 5.75 Å². The molecule has 7 heteroatoms. The molecule has 0 saturated heterocycles. The van der Waals surface area contributed by atoms with Gasteiger partial charge in [0, 0.05) is 21.8 Å². The van der Waals surface area contributed by atoms with E-state index >= 15 is 0 Å². The maximum Gasteiger partial charge on any atom is 0.316 e. The highest BCUT2D eigenvalue weighted by Crippen LogP contribution is 2.22. The Labute approximate surface area is 173 Å². The number of carbonyl (C=O) groups excluding carboxylic acids is 2. The number of rotatable bonds is 9. The highest BCUT2D eigenvalue weighted by atomic mass is 32.2. The van der Waals surface area contributed by atoms with Crippen LogP contribution in [-0.4, -0.2) is 35.8 Å². The molecule has 0 aliphatic rings. The van der Waals surface area contributed by atoms with Crippen LogP contribution in [0, 0.1) is 13.8 Å². The van der Waals surface area contributed by atoms with Gasteiger partial charge in [-0.1, -0.05) is 0 Å². The quantitative estimate of drug-likeness (QED) is 0.296. The van der Waals surface area contributed by atoms with Crippen molar-refractivity contribution in [3.63, 3.8) is 0 Å². The van der Waals surface area contributed by atoms with Crippen LogP contribution >= 0.6 is 11.8 Å². The van der Waals surface area contributed by atoms with E-state index in [1.807, 2.05) is 60.9 Å². The van der Waals surface area contributed by atoms with Crippen LogP contribution in [0.2, 0.25) is 0 Å². The van der Waals surface area contributed by atoms with Gasteiger partial charge in [0.15, 0.2) is 6.61 Å². The predicted molar refractivity (Wildman–Crippen MR) is 111 cm³/mol. The third-order valence-electron chi connectivity index (χ3n) is 4.55. The molecule has 0 bridgehead atoms. The number of esters is 1. The van der Waals surface area contributed by atoms with Crippen molar-refractivity contribution in [1.82, 2.24) is 4.57 Å². The number of ether oxygens (including phenoxy) is 2. The summed E-state index contributed by atoms with van der Waals surface area (Å²) in [5.41, 5.74) is 2.33. The fraction of sp³-hybridized carbons (Fsp3) is 0.273. The fourth-order valence-corrected chi connectivity index (χ4v) is 3.66. The maximum absolute atomic E-state index is 12.5. The van der Waals surface area contributed by atoms with Gasteiger partial charge in [-0.25, -0.2) is 0 Å². The molecule has 0 atom stereocenters. The van der Waals surface area contributed by atoms with Crippen molar-refractivity contribution in [3.8, 4) is 5.75 Å². The molecular weight excluding hydrogens is 390 g/mol. The summed E-state index contributed by atoms with van der Waals surface area (Å²) in [6, 6.07) is 12.9. The van der Waals surface area contributed by atoms with Crippen LogP contribution in [0.4, 0.5) is 0 Å². The molecule has 152 valence electrons. The lowest BCUT2D eigenvalue weighted by Crippen LogP contribution is -2.16. The number of aryl methyl sites for hydroxylation is 1. The largest absolute Gasteiger partial charge is 0.497 e. The Morgan fingerprint density at radius 3 is 2.55 bits per heavy atom.